The quantitative estimate of drug-likeness (QED) is 0.176. The zero-order valence-electron chi connectivity index (χ0n) is 33.8. The van der Waals surface area contributed by atoms with Gasteiger partial charge in [0.2, 0.25) is 0 Å². The summed E-state index contributed by atoms with van der Waals surface area (Å²) in [6.45, 7) is 4.78. The molecule has 0 amide bonds. The van der Waals surface area contributed by atoms with Crippen LogP contribution in [0.15, 0.2) is 200 Å². The molecule has 2 nitrogen and oxygen atoms in total. The van der Waals surface area contributed by atoms with E-state index in [0.717, 1.165) is 34.1 Å². The lowest BCUT2D eigenvalue weighted by Gasteiger charge is -2.40. The Bertz CT molecular complexity index is 3400. The minimum absolute atomic E-state index is 0.215. The van der Waals surface area contributed by atoms with Crippen LogP contribution in [0, 0.1) is 0 Å². The third-order valence-electron chi connectivity index (χ3n) is 13.7. The van der Waals surface area contributed by atoms with Crippen molar-refractivity contribution in [2.75, 3.05) is 4.90 Å². The van der Waals surface area contributed by atoms with Crippen LogP contribution in [-0.2, 0) is 10.8 Å². The van der Waals surface area contributed by atoms with Gasteiger partial charge in [-0.2, -0.15) is 0 Å². The first kappa shape index (κ1) is 34.6. The lowest BCUT2D eigenvalue weighted by atomic mass is 9.66. The summed E-state index contributed by atoms with van der Waals surface area (Å²) in [4.78, 5) is 2.51. The van der Waals surface area contributed by atoms with Gasteiger partial charge in [0.05, 0.1) is 11.1 Å². The lowest BCUT2D eigenvalue weighted by molar-refractivity contribution is 0.436. The predicted molar refractivity (Wildman–Crippen MR) is 254 cm³/mol. The standard InChI is InChI=1S/C58H39NOS/c1-57(2)48-33-37(36-15-4-3-5-16-36)27-30-42(48)43-31-28-38(34-49(43)57)59(51-23-14-26-55-56(51)44-19-8-13-25-54(44)61-55)39-29-32-53-50(35-39)58(47-22-11-12-24-52(47)60-53)45-20-9-6-17-40(45)41-18-7-10-21-46(41)58/h3-35H,1-2H3. The fourth-order valence-corrected chi connectivity index (χ4v) is 12.2. The fourth-order valence-electron chi connectivity index (χ4n) is 11.0. The van der Waals surface area contributed by atoms with Gasteiger partial charge >= 0.3 is 0 Å². The molecule has 2 aliphatic carbocycles. The van der Waals surface area contributed by atoms with Crippen LogP contribution < -0.4 is 9.64 Å². The molecule has 0 N–H and O–H groups in total. The van der Waals surface area contributed by atoms with Gasteiger partial charge in [-0.25, -0.2) is 0 Å². The van der Waals surface area contributed by atoms with Crippen molar-refractivity contribution in [2.24, 2.45) is 0 Å². The average molecular weight is 798 g/mol. The van der Waals surface area contributed by atoms with Crippen molar-refractivity contribution in [1.82, 2.24) is 0 Å². The molecule has 0 bridgehead atoms. The number of hydrogen-bond acceptors (Lipinski definition) is 3. The highest BCUT2D eigenvalue weighted by Gasteiger charge is 2.51. The second-order valence-corrected chi connectivity index (χ2v) is 18.3. The van der Waals surface area contributed by atoms with Gasteiger partial charge in [0.25, 0.3) is 0 Å². The normalized spacial score (nSPS) is 14.5. The van der Waals surface area contributed by atoms with Crippen LogP contribution in [0.5, 0.6) is 11.5 Å². The molecule has 13 rings (SSSR count). The van der Waals surface area contributed by atoms with Gasteiger partial charge in [-0.1, -0.05) is 153 Å². The van der Waals surface area contributed by atoms with E-state index in [1.807, 2.05) is 11.3 Å². The van der Waals surface area contributed by atoms with Crippen LogP contribution in [-0.4, -0.2) is 0 Å². The third kappa shape index (κ3) is 4.73. The van der Waals surface area contributed by atoms with Crippen molar-refractivity contribution >= 4 is 48.6 Å². The highest BCUT2D eigenvalue weighted by molar-refractivity contribution is 7.26. The minimum Gasteiger partial charge on any atom is -0.457 e. The molecule has 9 aromatic carbocycles. The zero-order chi connectivity index (χ0) is 40.5. The zero-order valence-corrected chi connectivity index (χ0v) is 34.6. The van der Waals surface area contributed by atoms with Crippen LogP contribution in [0.1, 0.15) is 47.2 Å². The van der Waals surface area contributed by atoms with Gasteiger partial charge in [-0.05, 0) is 116 Å². The molecule has 10 aromatic rings. The van der Waals surface area contributed by atoms with Crippen LogP contribution >= 0.6 is 11.3 Å². The molecule has 0 unspecified atom stereocenters. The van der Waals surface area contributed by atoms with Gasteiger partial charge < -0.3 is 9.64 Å². The summed E-state index contributed by atoms with van der Waals surface area (Å²) in [7, 11) is 0. The first-order chi connectivity index (χ1) is 30.0. The largest absolute Gasteiger partial charge is 0.457 e. The smallest absolute Gasteiger partial charge is 0.132 e. The molecule has 0 saturated heterocycles. The maximum absolute atomic E-state index is 6.90. The highest BCUT2D eigenvalue weighted by Crippen LogP contribution is 2.63. The number of rotatable bonds is 4. The van der Waals surface area contributed by atoms with E-state index in [2.05, 4.69) is 219 Å². The molecule has 1 aliphatic heterocycles. The fraction of sp³-hybridized carbons (Fsp3) is 0.0690. The summed E-state index contributed by atoms with van der Waals surface area (Å²) < 4.78 is 9.47. The highest BCUT2D eigenvalue weighted by atomic mass is 32.1. The summed E-state index contributed by atoms with van der Waals surface area (Å²) in [5.74, 6) is 1.78. The van der Waals surface area contributed by atoms with E-state index in [1.54, 1.807) is 0 Å². The monoisotopic (exact) mass is 797 g/mol. The molecule has 0 fully saturated rings. The van der Waals surface area contributed by atoms with E-state index in [0.29, 0.717) is 0 Å². The first-order valence-corrected chi connectivity index (χ1v) is 22.0. The molecule has 288 valence electrons. The van der Waals surface area contributed by atoms with Gasteiger partial charge in [0.15, 0.2) is 0 Å². The summed E-state index contributed by atoms with van der Waals surface area (Å²) in [5, 5.41) is 2.54. The summed E-state index contributed by atoms with van der Waals surface area (Å²) in [5.41, 5.74) is 17.8. The number of nitrogens with zero attached hydrogens (tertiary/aromatic N) is 1. The van der Waals surface area contributed by atoms with Crippen molar-refractivity contribution in [3.63, 3.8) is 0 Å². The molecular weight excluding hydrogens is 759 g/mol. The van der Waals surface area contributed by atoms with Crippen molar-refractivity contribution in [2.45, 2.75) is 24.7 Å². The minimum atomic E-state index is -0.571. The molecule has 3 heteroatoms. The summed E-state index contributed by atoms with van der Waals surface area (Å²) in [6, 6.07) is 74.1. The summed E-state index contributed by atoms with van der Waals surface area (Å²) >= 11 is 1.86. The molecule has 0 saturated carbocycles. The number of fused-ring (bicyclic) bond motifs is 15. The van der Waals surface area contributed by atoms with Crippen LogP contribution in [0.3, 0.4) is 0 Å². The van der Waals surface area contributed by atoms with E-state index >= 15 is 0 Å². The molecule has 61 heavy (non-hydrogen) atoms. The van der Waals surface area contributed by atoms with E-state index < -0.39 is 5.41 Å². The number of para-hydroxylation sites is 1. The third-order valence-corrected chi connectivity index (χ3v) is 14.9. The SMILES string of the molecule is CC1(C)c2cc(-c3ccccc3)ccc2-c2ccc(N(c3ccc4c(c3)C3(c5ccccc5O4)c4ccccc4-c4ccccc43)c3cccc4sc5ccccc5c34)cc21. The summed E-state index contributed by atoms with van der Waals surface area (Å²) in [6.07, 6.45) is 0. The Hall–Kier alpha value is -7.20. The maximum atomic E-state index is 6.90. The van der Waals surface area contributed by atoms with Crippen molar-refractivity contribution in [3.05, 3.63) is 234 Å². The maximum Gasteiger partial charge on any atom is 0.132 e. The number of benzene rings is 9. The Kier molecular flexibility index (Phi) is 7.19. The molecule has 1 aromatic heterocycles. The van der Waals surface area contributed by atoms with E-state index in [1.165, 1.54) is 81.4 Å². The Morgan fingerprint density at radius 1 is 0.410 bits per heavy atom. The van der Waals surface area contributed by atoms with Gasteiger partial charge in [0, 0.05) is 48.1 Å². The lowest BCUT2D eigenvalue weighted by Crippen LogP contribution is -2.32. The predicted octanol–water partition coefficient (Wildman–Crippen LogP) is 16.0. The Labute approximate surface area is 359 Å². The van der Waals surface area contributed by atoms with Crippen molar-refractivity contribution < 1.29 is 4.74 Å². The molecule has 0 atom stereocenters. The number of ether oxygens (including phenoxy) is 1. The van der Waals surface area contributed by atoms with Gasteiger partial charge in [-0.15, -0.1) is 11.3 Å². The molecule has 2 heterocycles. The number of anilines is 3. The van der Waals surface area contributed by atoms with Crippen LogP contribution in [0.4, 0.5) is 17.1 Å². The Balaban J connectivity index is 1.07. The van der Waals surface area contributed by atoms with Gasteiger partial charge in [-0.3, -0.25) is 0 Å². The molecular formula is C58H39NOS. The molecule has 3 aliphatic rings. The van der Waals surface area contributed by atoms with E-state index in [-0.39, 0.29) is 5.41 Å². The van der Waals surface area contributed by atoms with E-state index in [9.17, 15) is 0 Å². The second-order valence-electron chi connectivity index (χ2n) is 17.2. The number of hydrogen-bond donors (Lipinski definition) is 0. The first-order valence-electron chi connectivity index (χ1n) is 21.2. The topological polar surface area (TPSA) is 12.5 Å². The molecule has 1 spiro atoms. The van der Waals surface area contributed by atoms with Crippen molar-refractivity contribution in [1.29, 1.82) is 0 Å². The average Bonchev–Trinajstić information content (AvgIpc) is 3.91. The van der Waals surface area contributed by atoms with Crippen LogP contribution in [0.25, 0.3) is 53.6 Å². The Morgan fingerprint density at radius 2 is 0.984 bits per heavy atom. The second kappa shape index (κ2) is 12.7. The Morgan fingerprint density at radius 3 is 1.77 bits per heavy atom. The van der Waals surface area contributed by atoms with Gasteiger partial charge in [0.1, 0.15) is 11.5 Å². The molecule has 0 radical (unpaired) electrons. The van der Waals surface area contributed by atoms with Crippen LogP contribution in [0.2, 0.25) is 0 Å². The van der Waals surface area contributed by atoms with Crippen molar-refractivity contribution in [3.8, 4) is 44.9 Å². The number of thiophene rings is 1. The van der Waals surface area contributed by atoms with E-state index in [4.69, 9.17) is 4.74 Å².